The first-order chi connectivity index (χ1) is 21.5. The topological polar surface area (TPSA) is 96.0 Å². The lowest BCUT2D eigenvalue weighted by Gasteiger charge is -2.34. The minimum atomic E-state index is -3.68. The van der Waals surface area contributed by atoms with E-state index in [0.717, 1.165) is 49.5 Å². The van der Waals surface area contributed by atoms with Crippen molar-refractivity contribution in [1.29, 1.82) is 0 Å². The van der Waals surface area contributed by atoms with Crippen LogP contribution in [0.15, 0.2) is 72.8 Å². The van der Waals surface area contributed by atoms with Gasteiger partial charge in [-0.25, -0.2) is 8.42 Å². The maximum Gasteiger partial charge on any atom is 0.243 e. The number of sulfonamides is 1. The van der Waals surface area contributed by atoms with Crippen LogP contribution in [0.2, 0.25) is 10.0 Å². The number of rotatable bonds is 14. The number of ether oxygens (including phenoxy) is 1. The molecule has 11 heteroatoms. The van der Waals surface area contributed by atoms with Crippen LogP contribution in [0.25, 0.3) is 0 Å². The Morgan fingerprint density at radius 1 is 0.956 bits per heavy atom. The number of methoxy groups -OCH3 is 1. The number of hydrogen-bond acceptors (Lipinski definition) is 5. The number of halogens is 2. The van der Waals surface area contributed by atoms with Crippen LogP contribution in [-0.4, -0.2) is 57.1 Å². The molecule has 3 aromatic carbocycles. The third-order valence-corrected chi connectivity index (χ3v) is 9.76. The maximum absolute atomic E-state index is 14.1. The molecule has 0 aliphatic heterocycles. The Labute approximate surface area is 276 Å². The van der Waals surface area contributed by atoms with Crippen molar-refractivity contribution in [2.24, 2.45) is 0 Å². The van der Waals surface area contributed by atoms with Crippen molar-refractivity contribution in [2.45, 2.75) is 70.0 Å². The van der Waals surface area contributed by atoms with Crippen molar-refractivity contribution in [2.75, 3.05) is 24.2 Å². The molecular formula is C34H41Cl2N3O5S. The van der Waals surface area contributed by atoms with Gasteiger partial charge >= 0.3 is 0 Å². The number of benzene rings is 3. The number of carbonyl (C=O) groups is 2. The summed E-state index contributed by atoms with van der Waals surface area (Å²) in [5, 5.41) is 4.05. The highest BCUT2D eigenvalue weighted by Crippen LogP contribution is 2.30. The predicted octanol–water partition coefficient (Wildman–Crippen LogP) is 6.64. The Bertz CT molecular complexity index is 1550. The number of nitrogens with one attached hydrogen (secondary N) is 1. The molecule has 0 heterocycles. The predicted molar refractivity (Wildman–Crippen MR) is 180 cm³/mol. The van der Waals surface area contributed by atoms with Gasteiger partial charge < -0.3 is 15.0 Å². The number of hydrogen-bond donors (Lipinski definition) is 1. The highest BCUT2D eigenvalue weighted by Gasteiger charge is 2.32. The average Bonchev–Trinajstić information content (AvgIpc) is 3.01. The van der Waals surface area contributed by atoms with Crippen LogP contribution in [0.3, 0.4) is 0 Å². The number of nitrogens with zero attached hydrogens (tertiary/aromatic N) is 2. The minimum absolute atomic E-state index is 0.0263. The molecule has 1 unspecified atom stereocenters. The number of carbonyl (C=O) groups excluding carboxylic acids is 2. The van der Waals surface area contributed by atoms with Crippen molar-refractivity contribution < 1.29 is 22.7 Å². The highest BCUT2D eigenvalue weighted by atomic mass is 35.5. The summed E-state index contributed by atoms with van der Waals surface area (Å²) in [7, 11) is -2.20. The molecule has 3 aromatic rings. The molecule has 1 fully saturated rings. The number of amides is 2. The zero-order chi connectivity index (χ0) is 32.4. The third-order valence-electron chi connectivity index (χ3n) is 8.04. The quantitative estimate of drug-likeness (QED) is 0.207. The smallest absolute Gasteiger partial charge is 0.243 e. The second-order valence-corrected chi connectivity index (χ2v) is 14.2. The van der Waals surface area contributed by atoms with Gasteiger partial charge in [0.25, 0.3) is 0 Å². The molecule has 1 saturated carbocycles. The summed E-state index contributed by atoms with van der Waals surface area (Å²) in [5.41, 5.74) is 2.11. The summed E-state index contributed by atoms with van der Waals surface area (Å²) < 4.78 is 31.9. The first-order valence-electron chi connectivity index (χ1n) is 15.2. The van der Waals surface area contributed by atoms with Crippen molar-refractivity contribution in [3.8, 4) is 5.75 Å². The lowest BCUT2D eigenvalue weighted by atomic mass is 9.94. The molecule has 0 aromatic heterocycles. The van der Waals surface area contributed by atoms with Crippen molar-refractivity contribution in [3.63, 3.8) is 0 Å². The van der Waals surface area contributed by atoms with Gasteiger partial charge in [-0.15, -0.1) is 0 Å². The van der Waals surface area contributed by atoms with Crippen LogP contribution < -0.4 is 14.4 Å². The standard InChI is InChI=1S/C34H41Cl2N3O5S/c1-44-32-19-18-29(23-30(32)36)39(45(2,42)43)20-10-17-33(40)38(24-26-13-9-14-27(35)21-26)31(22-25-11-5-3-6-12-25)34(41)37-28-15-7-4-8-16-28/h3,5-6,9,11-14,18-19,21,23,28,31H,4,7-8,10,15-17,20,22,24H2,1-2H3,(H,37,41). The van der Waals surface area contributed by atoms with Gasteiger partial charge in [0.15, 0.2) is 0 Å². The Balaban J connectivity index is 1.59. The van der Waals surface area contributed by atoms with Gasteiger partial charge in [-0.2, -0.15) is 0 Å². The molecule has 45 heavy (non-hydrogen) atoms. The molecule has 1 aliphatic rings. The fourth-order valence-electron chi connectivity index (χ4n) is 5.74. The van der Waals surface area contributed by atoms with Gasteiger partial charge in [0.05, 0.1) is 24.1 Å². The SMILES string of the molecule is COc1ccc(N(CCCC(=O)N(Cc2cccc(Cl)c2)C(Cc2ccccc2)C(=O)NC2CCCCC2)S(C)(=O)=O)cc1Cl. The van der Waals surface area contributed by atoms with E-state index in [-0.39, 0.29) is 48.8 Å². The van der Waals surface area contributed by atoms with Crippen molar-refractivity contribution in [1.82, 2.24) is 10.2 Å². The van der Waals surface area contributed by atoms with E-state index in [1.54, 1.807) is 29.2 Å². The fraction of sp³-hybridized carbons (Fsp3) is 0.412. The summed E-state index contributed by atoms with van der Waals surface area (Å²) in [6, 6.07) is 21.0. The van der Waals surface area contributed by atoms with E-state index in [4.69, 9.17) is 27.9 Å². The second kappa shape index (κ2) is 16.3. The van der Waals surface area contributed by atoms with E-state index in [1.165, 1.54) is 17.5 Å². The van der Waals surface area contributed by atoms with E-state index in [2.05, 4.69) is 5.32 Å². The molecule has 0 spiro atoms. The van der Waals surface area contributed by atoms with Gasteiger partial charge in [-0.1, -0.05) is 84.9 Å². The molecule has 8 nitrogen and oxygen atoms in total. The molecule has 2 amide bonds. The normalized spacial score (nSPS) is 14.4. The molecule has 242 valence electrons. The molecule has 1 aliphatic carbocycles. The van der Waals surface area contributed by atoms with Gasteiger partial charge in [-0.3, -0.25) is 13.9 Å². The molecule has 0 bridgehead atoms. The summed E-state index contributed by atoms with van der Waals surface area (Å²) in [6.07, 6.45) is 6.83. The van der Waals surface area contributed by atoms with E-state index < -0.39 is 16.1 Å². The summed E-state index contributed by atoms with van der Waals surface area (Å²) in [6.45, 7) is 0.231. The van der Waals surface area contributed by atoms with Crippen molar-refractivity contribution in [3.05, 3.63) is 94.0 Å². The molecular weight excluding hydrogens is 633 g/mol. The molecule has 0 saturated heterocycles. The van der Waals surface area contributed by atoms with E-state index in [0.29, 0.717) is 22.9 Å². The van der Waals surface area contributed by atoms with Gasteiger partial charge in [-0.05, 0) is 60.7 Å². The summed E-state index contributed by atoms with van der Waals surface area (Å²) in [5.74, 6) is -0.0145. The van der Waals surface area contributed by atoms with Gasteiger partial charge in [0.1, 0.15) is 11.8 Å². The van der Waals surface area contributed by atoms with E-state index in [1.807, 2.05) is 42.5 Å². The summed E-state index contributed by atoms with van der Waals surface area (Å²) >= 11 is 12.6. The fourth-order valence-corrected chi connectivity index (χ4v) is 7.17. The monoisotopic (exact) mass is 673 g/mol. The minimum Gasteiger partial charge on any atom is -0.495 e. The zero-order valence-corrected chi connectivity index (χ0v) is 28.1. The largest absolute Gasteiger partial charge is 0.495 e. The van der Waals surface area contributed by atoms with Crippen LogP contribution >= 0.6 is 23.2 Å². The third kappa shape index (κ3) is 10.1. The van der Waals surface area contributed by atoms with Crippen molar-refractivity contribution >= 4 is 50.7 Å². The Hall–Kier alpha value is -3.27. The van der Waals surface area contributed by atoms with Crippen LogP contribution in [-0.2, 0) is 32.6 Å². The molecule has 4 rings (SSSR count). The van der Waals surface area contributed by atoms with Gasteiger partial charge in [0.2, 0.25) is 21.8 Å². The molecule has 1 atom stereocenters. The first kappa shape index (κ1) is 34.6. The first-order valence-corrected chi connectivity index (χ1v) is 17.8. The lowest BCUT2D eigenvalue weighted by molar-refractivity contribution is -0.141. The Morgan fingerprint density at radius 2 is 1.67 bits per heavy atom. The summed E-state index contributed by atoms with van der Waals surface area (Å²) in [4.78, 5) is 29.7. The molecule has 0 radical (unpaired) electrons. The lowest BCUT2D eigenvalue weighted by Crippen LogP contribution is -2.52. The van der Waals surface area contributed by atoms with Crippen LogP contribution in [0, 0.1) is 0 Å². The average molecular weight is 675 g/mol. The number of anilines is 1. The van der Waals surface area contributed by atoms with Crippen LogP contribution in [0.4, 0.5) is 5.69 Å². The maximum atomic E-state index is 14.1. The van der Waals surface area contributed by atoms with E-state index in [9.17, 15) is 18.0 Å². The Morgan fingerprint density at radius 3 is 2.31 bits per heavy atom. The highest BCUT2D eigenvalue weighted by molar-refractivity contribution is 7.92. The van der Waals surface area contributed by atoms with Crippen LogP contribution in [0.5, 0.6) is 5.75 Å². The molecule has 1 N–H and O–H groups in total. The second-order valence-electron chi connectivity index (χ2n) is 11.5. The zero-order valence-electron chi connectivity index (χ0n) is 25.8. The Kier molecular flexibility index (Phi) is 12.6. The van der Waals surface area contributed by atoms with E-state index >= 15 is 0 Å². The van der Waals surface area contributed by atoms with Crippen LogP contribution in [0.1, 0.15) is 56.1 Å². The van der Waals surface area contributed by atoms with Gasteiger partial charge in [0, 0.05) is 37.0 Å².